The van der Waals surface area contributed by atoms with Crippen molar-refractivity contribution in [2.45, 2.75) is 6.42 Å². The van der Waals surface area contributed by atoms with Gasteiger partial charge in [0, 0.05) is 5.69 Å². The Hall–Kier alpha value is -3.35. The van der Waals surface area contributed by atoms with Crippen LogP contribution in [0.15, 0.2) is 42.5 Å². The third-order valence-electron chi connectivity index (χ3n) is 3.03. The molecule has 0 bridgehead atoms. The number of aldehydes is 1. The number of amides is 1. The molecule has 0 spiro atoms. The van der Waals surface area contributed by atoms with E-state index in [1.807, 2.05) is 0 Å². The molecule has 2 aromatic carbocycles. The predicted molar refractivity (Wildman–Crippen MR) is 85.3 cm³/mol. The topological polar surface area (TPSA) is 102 Å². The first kappa shape index (κ1) is 17.0. The minimum atomic E-state index is -0.620. The van der Waals surface area contributed by atoms with Crippen molar-refractivity contribution in [3.8, 4) is 17.2 Å². The number of methoxy groups -OCH3 is 1. The number of aromatic hydroxyl groups is 1. The number of hydrogen-bond donors (Lipinski definition) is 2. The molecule has 0 atom stereocenters. The third kappa shape index (κ3) is 4.57. The van der Waals surface area contributed by atoms with Crippen LogP contribution in [0.1, 0.15) is 16.8 Å². The monoisotopic (exact) mass is 329 g/mol. The summed E-state index contributed by atoms with van der Waals surface area (Å²) < 4.78 is 9.97. The molecule has 2 rings (SSSR count). The number of carbonyl (C=O) groups is 3. The van der Waals surface area contributed by atoms with Crippen LogP contribution in [0.3, 0.4) is 0 Å². The summed E-state index contributed by atoms with van der Waals surface area (Å²) in [6, 6.07) is 10.7. The largest absolute Gasteiger partial charge is 0.507 e. The number of phenolic OH excluding ortho intramolecular Hbond substituents is 1. The van der Waals surface area contributed by atoms with Gasteiger partial charge in [-0.15, -0.1) is 0 Å². The van der Waals surface area contributed by atoms with Crippen LogP contribution in [0.2, 0.25) is 0 Å². The average Bonchev–Trinajstić information content (AvgIpc) is 2.58. The summed E-state index contributed by atoms with van der Waals surface area (Å²) in [7, 11) is 1.21. The van der Waals surface area contributed by atoms with Crippen LogP contribution in [0.5, 0.6) is 17.2 Å². The van der Waals surface area contributed by atoms with E-state index < -0.39 is 11.9 Å². The van der Waals surface area contributed by atoms with Crippen LogP contribution < -0.4 is 10.1 Å². The molecule has 24 heavy (non-hydrogen) atoms. The van der Waals surface area contributed by atoms with Gasteiger partial charge in [-0.3, -0.25) is 14.4 Å². The molecule has 0 heterocycles. The minimum absolute atomic E-state index is 0.124. The van der Waals surface area contributed by atoms with Crippen molar-refractivity contribution >= 4 is 23.9 Å². The van der Waals surface area contributed by atoms with Crippen LogP contribution in [0, 0.1) is 0 Å². The second-order valence-electron chi connectivity index (χ2n) is 4.77. The maximum Gasteiger partial charge on any atom is 0.315 e. The number of hydrogen-bond acceptors (Lipinski definition) is 6. The van der Waals surface area contributed by atoms with Crippen LogP contribution in [0.4, 0.5) is 5.69 Å². The van der Waals surface area contributed by atoms with Crippen molar-refractivity contribution in [1.82, 2.24) is 0 Å². The number of nitrogens with one attached hydrogen (secondary N) is 1. The number of carbonyl (C=O) groups excluding carboxylic acids is 3. The third-order valence-corrected chi connectivity index (χ3v) is 3.03. The maximum atomic E-state index is 11.6. The van der Waals surface area contributed by atoms with Crippen molar-refractivity contribution in [3.63, 3.8) is 0 Å². The van der Waals surface area contributed by atoms with Gasteiger partial charge in [-0.2, -0.15) is 0 Å². The molecule has 0 saturated heterocycles. The lowest BCUT2D eigenvalue weighted by Crippen LogP contribution is -2.17. The fraction of sp³-hybridized carbons (Fsp3) is 0.118. The maximum absolute atomic E-state index is 11.6. The zero-order valence-electron chi connectivity index (χ0n) is 12.8. The molecule has 124 valence electrons. The normalized spacial score (nSPS) is 9.88. The molecule has 1 amide bonds. The van der Waals surface area contributed by atoms with Crippen LogP contribution in [-0.2, 0) is 14.3 Å². The summed E-state index contributed by atoms with van der Waals surface area (Å²) in [5.74, 6) is -0.364. The van der Waals surface area contributed by atoms with Gasteiger partial charge in [0.15, 0.2) is 6.29 Å². The molecule has 7 nitrogen and oxygen atoms in total. The number of rotatable bonds is 6. The first-order chi connectivity index (χ1) is 11.5. The minimum Gasteiger partial charge on any atom is -0.507 e. The molecule has 0 fully saturated rings. The first-order valence-corrected chi connectivity index (χ1v) is 6.94. The number of ether oxygens (including phenoxy) is 2. The lowest BCUT2D eigenvalue weighted by atomic mass is 10.2. The van der Waals surface area contributed by atoms with E-state index in [1.54, 1.807) is 24.3 Å². The van der Waals surface area contributed by atoms with Crippen LogP contribution in [-0.4, -0.2) is 30.4 Å². The summed E-state index contributed by atoms with van der Waals surface area (Å²) in [5, 5.41) is 12.0. The molecule has 0 saturated carbocycles. The van der Waals surface area contributed by atoms with E-state index in [9.17, 15) is 19.5 Å². The molecule has 0 aliphatic heterocycles. The highest BCUT2D eigenvalue weighted by Gasteiger charge is 2.09. The SMILES string of the molecule is COC(=O)CC(=O)Nc1ccc(Oc2ccc(O)c(C=O)c2)cc1. The number of phenols is 1. The summed E-state index contributed by atoms with van der Waals surface area (Å²) >= 11 is 0. The molecular formula is C17H15NO6. The second-order valence-corrected chi connectivity index (χ2v) is 4.77. The molecular weight excluding hydrogens is 314 g/mol. The van der Waals surface area contributed by atoms with Gasteiger partial charge >= 0.3 is 5.97 Å². The van der Waals surface area contributed by atoms with Gasteiger partial charge in [-0.25, -0.2) is 0 Å². The molecule has 0 aromatic heterocycles. The van der Waals surface area contributed by atoms with Gasteiger partial charge in [0.25, 0.3) is 0 Å². The van der Waals surface area contributed by atoms with Crippen molar-refractivity contribution < 1.29 is 29.0 Å². The zero-order chi connectivity index (χ0) is 17.5. The Balaban J connectivity index is 2.00. The lowest BCUT2D eigenvalue weighted by Gasteiger charge is -2.08. The number of esters is 1. The summed E-state index contributed by atoms with van der Waals surface area (Å²) in [6.45, 7) is 0. The smallest absolute Gasteiger partial charge is 0.315 e. The van der Waals surface area contributed by atoms with E-state index in [0.29, 0.717) is 23.5 Å². The number of benzene rings is 2. The molecule has 0 aliphatic carbocycles. The van der Waals surface area contributed by atoms with Gasteiger partial charge in [-0.05, 0) is 42.5 Å². The van der Waals surface area contributed by atoms with Gasteiger partial charge in [-0.1, -0.05) is 0 Å². The predicted octanol–water partition coefficient (Wildman–Crippen LogP) is 2.50. The Morgan fingerprint density at radius 2 is 1.79 bits per heavy atom. The van der Waals surface area contributed by atoms with E-state index in [0.717, 1.165) is 0 Å². The van der Waals surface area contributed by atoms with E-state index in [-0.39, 0.29) is 17.7 Å². The second kappa shape index (κ2) is 7.77. The fourth-order valence-corrected chi connectivity index (χ4v) is 1.84. The van der Waals surface area contributed by atoms with E-state index in [4.69, 9.17) is 4.74 Å². The van der Waals surface area contributed by atoms with Crippen LogP contribution >= 0.6 is 0 Å². The zero-order valence-corrected chi connectivity index (χ0v) is 12.8. The van der Waals surface area contributed by atoms with Crippen molar-refractivity contribution in [2.24, 2.45) is 0 Å². The van der Waals surface area contributed by atoms with E-state index >= 15 is 0 Å². The molecule has 2 aromatic rings. The van der Waals surface area contributed by atoms with Crippen molar-refractivity contribution in [3.05, 3.63) is 48.0 Å². The summed E-state index contributed by atoms with van der Waals surface area (Å²) in [6.07, 6.45) is 0.166. The molecule has 0 aliphatic rings. The first-order valence-electron chi connectivity index (χ1n) is 6.94. The quantitative estimate of drug-likeness (QED) is 0.479. The van der Waals surface area contributed by atoms with Crippen LogP contribution in [0.25, 0.3) is 0 Å². The molecule has 0 radical (unpaired) electrons. The highest BCUT2D eigenvalue weighted by molar-refractivity contribution is 6.01. The Morgan fingerprint density at radius 1 is 1.12 bits per heavy atom. The number of anilines is 1. The molecule has 7 heteroatoms. The van der Waals surface area contributed by atoms with Gasteiger partial charge < -0.3 is 19.9 Å². The van der Waals surface area contributed by atoms with Gasteiger partial charge in [0.1, 0.15) is 23.7 Å². The fourth-order valence-electron chi connectivity index (χ4n) is 1.84. The highest BCUT2D eigenvalue weighted by atomic mass is 16.5. The Kier molecular flexibility index (Phi) is 5.51. The average molecular weight is 329 g/mol. The Bertz CT molecular complexity index is 754. The summed E-state index contributed by atoms with van der Waals surface area (Å²) in [4.78, 5) is 33.3. The standard InChI is InChI=1S/C17H15NO6/c1-23-17(22)9-16(21)18-12-2-4-13(5-3-12)24-14-6-7-15(20)11(8-14)10-19/h2-8,10,20H,9H2,1H3,(H,18,21). The van der Waals surface area contributed by atoms with Crippen molar-refractivity contribution in [1.29, 1.82) is 0 Å². The Labute approximate surface area is 137 Å². The summed E-state index contributed by atoms with van der Waals surface area (Å²) in [5.41, 5.74) is 0.620. The highest BCUT2D eigenvalue weighted by Crippen LogP contribution is 2.27. The van der Waals surface area contributed by atoms with Gasteiger partial charge in [0.05, 0.1) is 12.7 Å². The van der Waals surface area contributed by atoms with Gasteiger partial charge in [0.2, 0.25) is 5.91 Å². The van der Waals surface area contributed by atoms with Crippen molar-refractivity contribution in [2.75, 3.05) is 12.4 Å². The molecule has 2 N–H and O–H groups in total. The van der Waals surface area contributed by atoms with E-state index in [1.165, 1.54) is 25.3 Å². The van der Waals surface area contributed by atoms with E-state index in [2.05, 4.69) is 10.1 Å². The lowest BCUT2D eigenvalue weighted by molar-refractivity contribution is -0.142. The Morgan fingerprint density at radius 3 is 2.42 bits per heavy atom. The molecule has 0 unspecified atom stereocenters.